The Labute approximate surface area is 153 Å². The Balaban J connectivity index is 1.38. The lowest BCUT2D eigenvalue weighted by atomic mass is 10.1. The maximum absolute atomic E-state index is 12.1. The third-order valence-corrected chi connectivity index (χ3v) is 4.73. The number of hydrogen-bond donors (Lipinski definition) is 2. The molecule has 1 atom stereocenters. The first-order chi connectivity index (χ1) is 12.7. The Morgan fingerprint density at radius 3 is 2.62 bits per heavy atom. The van der Waals surface area contributed by atoms with Gasteiger partial charge in [-0.05, 0) is 25.0 Å². The zero-order valence-electron chi connectivity index (χ0n) is 15.0. The van der Waals surface area contributed by atoms with Crippen LogP contribution in [0.25, 0.3) is 0 Å². The zero-order chi connectivity index (χ0) is 18.2. The monoisotopic (exact) mass is 363 g/mol. The molecule has 2 saturated heterocycles. The SMILES string of the molecule is O=C(COC(=O)c1ccc(C[NH+]2CCOCC2)cc1)NC[C@@H]1CCCO1. The van der Waals surface area contributed by atoms with Crippen molar-refractivity contribution in [1.82, 2.24) is 5.32 Å². The summed E-state index contributed by atoms with van der Waals surface area (Å²) in [6.07, 6.45) is 2.06. The Kier molecular flexibility index (Phi) is 6.99. The summed E-state index contributed by atoms with van der Waals surface area (Å²) in [6, 6.07) is 7.39. The van der Waals surface area contributed by atoms with Crippen LogP contribution in [-0.2, 0) is 25.5 Å². The summed E-state index contributed by atoms with van der Waals surface area (Å²) in [5, 5.41) is 2.73. The molecule has 2 aliphatic rings. The van der Waals surface area contributed by atoms with Crippen molar-refractivity contribution >= 4 is 11.9 Å². The largest absolute Gasteiger partial charge is 0.452 e. The Morgan fingerprint density at radius 1 is 1.15 bits per heavy atom. The first-order valence-electron chi connectivity index (χ1n) is 9.26. The normalized spacial score (nSPS) is 20.7. The molecule has 142 valence electrons. The number of amides is 1. The van der Waals surface area contributed by atoms with Crippen molar-refractivity contribution in [3.63, 3.8) is 0 Å². The number of nitrogens with one attached hydrogen (secondary N) is 2. The van der Waals surface area contributed by atoms with Crippen LogP contribution < -0.4 is 10.2 Å². The average Bonchev–Trinajstić information content (AvgIpc) is 3.19. The van der Waals surface area contributed by atoms with Crippen molar-refractivity contribution < 1.29 is 28.7 Å². The summed E-state index contributed by atoms with van der Waals surface area (Å²) in [5.74, 6) is -0.788. The molecule has 0 unspecified atom stereocenters. The van der Waals surface area contributed by atoms with E-state index >= 15 is 0 Å². The lowest BCUT2D eigenvalue weighted by Gasteiger charge is -2.23. The minimum atomic E-state index is -0.484. The molecule has 0 spiro atoms. The van der Waals surface area contributed by atoms with Crippen molar-refractivity contribution in [3.8, 4) is 0 Å². The molecule has 0 saturated carbocycles. The molecule has 1 amide bonds. The predicted octanol–water partition coefficient (Wildman–Crippen LogP) is -0.446. The van der Waals surface area contributed by atoms with Gasteiger partial charge < -0.3 is 24.4 Å². The van der Waals surface area contributed by atoms with Gasteiger partial charge in [-0.2, -0.15) is 0 Å². The highest BCUT2D eigenvalue weighted by atomic mass is 16.5. The minimum absolute atomic E-state index is 0.0794. The highest BCUT2D eigenvalue weighted by Crippen LogP contribution is 2.10. The number of ether oxygens (including phenoxy) is 3. The van der Waals surface area contributed by atoms with Crippen LogP contribution >= 0.6 is 0 Å². The van der Waals surface area contributed by atoms with Crippen molar-refractivity contribution in [3.05, 3.63) is 35.4 Å². The molecule has 7 heteroatoms. The molecule has 2 fully saturated rings. The van der Waals surface area contributed by atoms with E-state index in [1.165, 1.54) is 10.5 Å². The Bertz CT molecular complexity index is 592. The second-order valence-electron chi connectivity index (χ2n) is 6.75. The van der Waals surface area contributed by atoms with Crippen LogP contribution in [0.2, 0.25) is 0 Å². The molecule has 0 aromatic heterocycles. The number of benzene rings is 1. The highest BCUT2D eigenvalue weighted by Gasteiger charge is 2.17. The highest BCUT2D eigenvalue weighted by molar-refractivity contribution is 5.91. The summed E-state index contributed by atoms with van der Waals surface area (Å²) in [5.41, 5.74) is 1.63. The number of morpholine rings is 1. The molecule has 26 heavy (non-hydrogen) atoms. The molecule has 3 rings (SSSR count). The molecule has 2 N–H and O–H groups in total. The minimum Gasteiger partial charge on any atom is -0.452 e. The fourth-order valence-electron chi connectivity index (χ4n) is 3.18. The molecule has 7 nitrogen and oxygen atoms in total. The van der Waals surface area contributed by atoms with Gasteiger partial charge in [0.15, 0.2) is 6.61 Å². The van der Waals surface area contributed by atoms with Gasteiger partial charge in [0.2, 0.25) is 0 Å². The second-order valence-corrected chi connectivity index (χ2v) is 6.75. The standard InChI is InChI=1S/C19H26N2O5/c22-18(20-12-17-2-1-9-25-17)14-26-19(23)16-5-3-15(4-6-16)13-21-7-10-24-11-8-21/h3-6,17H,1-2,7-14H2,(H,20,22)/p+1/t17-/m0/s1. The van der Waals surface area contributed by atoms with Crippen LogP contribution in [0.15, 0.2) is 24.3 Å². The van der Waals surface area contributed by atoms with Crippen molar-refractivity contribution in [2.75, 3.05) is 46.1 Å². The van der Waals surface area contributed by atoms with E-state index < -0.39 is 5.97 Å². The van der Waals surface area contributed by atoms with Gasteiger partial charge in [0.1, 0.15) is 19.6 Å². The average molecular weight is 363 g/mol. The maximum atomic E-state index is 12.1. The Morgan fingerprint density at radius 2 is 1.92 bits per heavy atom. The number of esters is 1. The number of carbonyl (C=O) groups is 2. The first kappa shape index (κ1) is 18.8. The number of rotatable bonds is 7. The van der Waals surface area contributed by atoms with E-state index in [9.17, 15) is 9.59 Å². The van der Waals surface area contributed by atoms with Gasteiger partial charge in [-0.25, -0.2) is 4.79 Å². The van der Waals surface area contributed by atoms with E-state index in [-0.39, 0.29) is 18.6 Å². The predicted molar refractivity (Wildman–Crippen MR) is 93.9 cm³/mol. The molecule has 0 aliphatic carbocycles. The number of hydrogen-bond acceptors (Lipinski definition) is 5. The molecular formula is C19H27N2O5+. The second kappa shape index (κ2) is 9.66. The summed E-state index contributed by atoms with van der Waals surface area (Å²) in [4.78, 5) is 25.3. The van der Waals surface area contributed by atoms with Gasteiger partial charge in [0, 0.05) is 18.7 Å². The van der Waals surface area contributed by atoms with Crippen LogP contribution in [0.3, 0.4) is 0 Å². The third kappa shape index (κ3) is 5.79. The van der Waals surface area contributed by atoms with Crippen molar-refractivity contribution in [1.29, 1.82) is 0 Å². The van der Waals surface area contributed by atoms with E-state index in [1.807, 2.05) is 12.1 Å². The summed E-state index contributed by atoms with van der Waals surface area (Å²) in [6.45, 7) is 5.47. The van der Waals surface area contributed by atoms with Crippen LogP contribution in [0.4, 0.5) is 0 Å². The van der Waals surface area contributed by atoms with Gasteiger partial charge in [-0.1, -0.05) is 12.1 Å². The molecular weight excluding hydrogens is 336 g/mol. The molecule has 2 aliphatic heterocycles. The molecule has 1 aromatic carbocycles. The van der Waals surface area contributed by atoms with Crippen LogP contribution in [0.1, 0.15) is 28.8 Å². The zero-order valence-corrected chi connectivity index (χ0v) is 15.0. The number of carbonyl (C=O) groups excluding carboxylic acids is 2. The quantitative estimate of drug-likeness (QED) is 0.642. The third-order valence-electron chi connectivity index (χ3n) is 4.73. The van der Waals surface area contributed by atoms with E-state index in [0.29, 0.717) is 12.1 Å². The van der Waals surface area contributed by atoms with Gasteiger partial charge in [-0.15, -0.1) is 0 Å². The summed E-state index contributed by atoms with van der Waals surface area (Å²) >= 11 is 0. The first-order valence-corrected chi connectivity index (χ1v) is 9.26. The molecule has 0 radical (unpaired) electrons. The summed E-state index contributed by atoms with van der Waals surface area (Å²) in [7, 11) is 0. The van der Waals surface area contributed by atoms with Gasteiger partial charge in [-0.3, -0.25) is 4.79 Å². The van der Waals surface area contributed by atoms with Crippen LogP contribution in [0.5, 0.6) is 0 Å². The fraction of sp³-hybridized carbons (Fsp3) is 0.579. The van der Waals surface area contributed by atoms with Gasteiger partial charge >= 0.3 is 5.97 Å². The molecule has 1 aromatic rings. The van der Waals surface area contributed by atoms with Crippen molar-refractivity contribution in [2.24, 2.45) is 0 Å². The van der Waals surface area contributed by atoms with E-state index in [2.05, 4.69) is 5.32 Å². The lowest BCUT2D eigenvalue weighted by molar-refractivity contribution is -0.921. The van der Waals surface area contributed by atoms with Gasteiger partial charge in [0.25, 0.3) is 5.91 Å². The fourth-order valence-corrected chi connectivity index (χ4v) is 3.18. The molecule has 2 heterocycles. The van der Waals surface area contributed by atoms with Crippen molar-refractivity contribution in [2.45, 2.75) is 25.5 Å². The Hall–Kier alpha value is -1.96. The summed E-state index contributed by atoms with van der Waals surface area (Å²) < 4.78 is 15.9. The van der Waals surface area contributed by atoms with E-state index in [1.54, 1.807) is 12.1 Å². The van der Waals surface area contributed by atoms with Crippen LogP contribution in [-0.4, -0.2) is 64.0 Å². The topological polar surface area (TPSA) is 78.3 Å². The van der Waals surface area contributed by atoms with E-state index in [0.717, 1.165) is 52.3 Å². The maximum Gasteiger partial charge on any atom is 0.338 e. The number of quaternary nitrogens is 1. The van der Waals surface area contributed by atoms with Gasteiger partial charge in [0.05, 0.1) is 24.9 Å². The van der Waals surface area contributed by atoms with Crippen LogP contribution in [0, 0.1) is 0 Å². The van der Waals surface area contributed by atoms with E-state index in [4.69, 9.17) is 14.2 Å². The smallest absolute Gasteiger partial charge is 0.338 e. The molecule has 0 bridgehead atoms. The lowest BCUT2D eigenvalue weighted by Crippen LogP contribution is -3.12.